The van der Waals surface area contributed by atoms with Crippen LogP contribution in [0.2, 0.25) is 0 Å². The van der Waals surface area contributed by atoms with Crippen molar-refractivity contribution in [2.24, 2.45) is 23.1 Å². The summed E-state index contributed by atoms with van der Waals surface area (Å²) in [5.74, 6) is -8.90. The van der Waals surface area contributed by atoms with Gasteiger partial charge in [0, 0.05) is 13.0 Å². The van der Waals surface area contributed by atoms with Crippen LogP contribution < -0.4 is 49.1 Å². The van der Waals surface area contributed by atoms with Gasteiger partial charge in [0.1, 0.15) is 30.2 Å². The third-order valence-corrected chi connectivity index (χ3v) is 7.81. The first-order chi connectivity index (χ1) is 23.4. The molecule has 1 aliphatic rings. The Kier molecular flexibility index (Phi) is 17.8. The zero-order valence-corrected chi connectivity index (χ0v) is 28.2. The monoisotopic (exact) mass is 712 g/mol. The average Bonchev–Trinajstić information content (AvgIpc) is 3.55. The molecule has 0 aliphatic carbocycles. The van der Waals surface area contributed by atoms with E-state index in [0.717, 1.165) is 0 Å². The van der Waals surface area contributed by atoms with Crippen LogP contribution in [0.5, 0.6) is 0 Å². The van der Waals surface area contributed by atoms with Gasteiger partial charge < -0.3 is 59.1 Å². The second-order valence-corrected chi connectivity index (χ2v) is 11.7. The molecule has 0 unspecified atom stereocenters. The fourth-order valence-corrected chi connectivity index (χ4v) is 4.83. The zero-order chi connectivity index (χ0) is 38.1. The van der Waals surface area contributed by atoms with Crippen molar-refractivity contribution in [3.63, 3.8) is 0 Å². The number of hydrogen-bond donors (Lipinski definition) is 10. The van der Waals surface area contributed by atoms with Gasteiger partial charge >= 0.3 is 5.97 Å². The molecule has 1 saturated heterocycles. The second-order valence-electron chi connectivity index (χ2n) is 11.7. The largest absolute Gasteiger partial charge is 0.480 e. The number of aliphatic carboxylic acids is 1. The summed E-state index contributed by atoms with van der Waals surface area (Å²) < 4.78 is 0. The van der Waals surface area contributed by atoms with Crippen LogP contribution in [0.4, 0.5) is 0 Å². The van der Waals surface area contributed by atoms with Gasteiger partial charge in [-0.3, -0.25) is 43.2 Å². The van der Waals surface area contributed by atoms with Crippen molar-refractivity contribution in [1.29, 1.82) is 0 Å². The molecule has 0 radical (unpaired) electrons. The number of amides is 9. The minimum Gasteiger partial charge on any atom is -0.480 e. The molecule has 0 aromatic carbocycles. The second kappa shape index (κ2) is 20.9. The number of carboxylic acids is 1. The van der Waals surface area contributed by atoms with E-state index < -0.39 is 115 Å². The summed E-state index contributed by atoms with van der Waals surface area (Å²) in [7, 11) is 0. The van der Waals surface area contributed by atoms with E-state index in [2.05, 4.69) is 26.6 Å². The maximum Gasteiger partial charge on any atom is 0.326 e. The van der Waals surface area contributed by atoms with Crippen molar-refractivity contribution in [1.82, 2.24) is 36.8 Å². The summed E-state index contributed by atoms with van der Waals surface area (Å²) in [5.41, 5.74) is 15.6. The fraction of sp³-hybridized carbons (Fsp3) is 0.655. The van der Waals surface area contributed by atoms with Crippen molar-refractivity contribution in [3.8, 4) is 0 Å². The van der Waals surface area contributed by atoms with E-state index in [-0.39, 0.29) is 19.4 Å². The molecule has 0 spiro atoms. The Hall–Kier alpha value is -5.34. The van der Waals surface area contributed by atoms with E-state index in [9.17, 15) is 47.9 Å². The maximum atomic E-state index is 13.1. The lowest BCUT2D eigenvalue weighted by Crippen LogP contribution is -2.57. The van der Waals surface area contributed by atoms with Crippen molar-refractivity contribution >= 4 is 59.1 Å². The lowest BCUT2D eigenvalue weighted by atomic mass is 9.98. The highest BCUT2D eigenvalue weighted by atomic mass is 16.4. The van der Waals surface area contributed by atoms with Gasteiger partial charge in [-0.15, -0.1) is 0 Å². The predicted molar refractivity (Wildman–Crippen MR) is 173 cm³/mol. The molecule has 0 bridgehead atoms. The number of carbonyl (C=O) groups excluding carboxylic acids is 9. The minimum absolute atomic E-state index is 0.195. The fourth-order valence-electron chi connectivity index (χ4n) is 4.83. The lowest BCUT2D eigenvalue weighted by molar-refractivity contribution is -0.143. The van der Waals surface area contributed by atoms with E-state index in [1.807, 2.05) is 5.32 Å². The number of likely N-dealkylation sites (tertiary alicyclic amines) is 1. The van der Waals surface area contributed by atoms with Gasteiger partial charge in [-0.25, -0.2) is 4.79 Å². The molecule has 1 rings (SSSR count). The highest BCUT2D eigenvalue weighted by Crippen LogP contribution is 2.18. The zero-order valence-electron chi connectivity index (χ0n) is 28.2. The Morgan fingerprint density at radius 1 is 0.800 bits per heavy atom. The van der Waals surface area contributed by atoms with Crippen molar-refractivity contribution < 1.29 is 53.1 Å². The van der Waals surface area contributed by atoms with E-state index in [1.165, 1.54) is 11.8 Å². The van der Waals surface area contributed by atoms with Crippen molar-refractivity contribution in [2.75, 3.05) is 26.2 Å². The van der Waals surface area contributed by atoms with E-state index in [1.54, 1.807) is 13.8 Å². The van der Waals surface area contributed by atoms with Crippen LogP contribution in [0.3, 0.4) is 0 Å². The van der Waals surface area contributed by atoms with E-state index in [0.29, 0.717) is 25.8 Å². The number of carboxylic acid groups (broad SMARTS) is 1. The Bertz CT molecular complexity index is 1310. The first-order valence-electron chi connectivity index (χ1n) is 15.9. The molecule has 21 nitrogen and oxygen atoms in total. The average molecular weight is 713 g/mol. The van der Waals surface area contributed by atoms with Crippen LogP contribution in [-0.4, -0.2) is 126 Å². The molecule has 280 valence electrons. The first kappa shape index (κ1) is 42.7. The van der Waals surface area contributed by atoms with E-state index in [4.69, 9.17) is 22.3 Å². The SMILES string of the molecule is CC[C@H](C)[C@H](NC(=O)CNC(=O)[C@H](CCC(N)=O)NC(=O)[C@@H]1CCCN1C(=O)CN)C(=O)N[C@@H](C)C(=O)NCC(=O)N[C@@H](CC(N)=O)C(=O)O. The third kappa shape index (κ3) is 14.4. The number of nitrogens with zero attached hydrogens (tertiary/aromatic N) is 1. The highest BCUT2D eigenvalue weighted by Gasteiger charge is 2.36. The molecule has 0 saturated carbocycles. The third-order valence-electron chi connectivity index (χ3n) is 7.81. The molecule has 6 atom stereocenters. The molecule has 0 aromatic heterocycles. The van der Waals surface area contributed by atoms with Crippen molar-refractivity contribution in [2.45, 2.75) is 89.5 Å². The van der Waals surface area contributed by atoms with Crippen LogP contribution in [0.15, 0.2) is 0 Å². The number of nitrogens with one attached hydrogen (secondary N) is 6. The van der Waals surface area contributed by atoms with Crippen LogP contribution in [-0.2, 0) is 47.9 Å². The Labute approximate surface area is 287 Å². The number of hydrogen-bond acceptors (Lipinski definition) is 11. The molecule has 50 heavy (non-hydrogen) atoms. The Balaban J connectivity index is 2.80. The van der Waals surface area contributed by atoms with Crippen LogP contribution in [0.25, 0.3) is 0 Å². The normalized spacial score (nSPS) is 16.7. The number of nitrogens with two attached hydrogens (primary N) is 3. The van der Waals surface area contributed by atoms with Gasteiger partial charge in [-0.05, 0) is 32.1 Å². The summed E-state index contributed by atoms with van der Waals surface area (Å²) in [5, 5.41) is 23.1. The van der Waals surface area contributed by atoms with Crippen LogP contribution in [0, 0.1) is 5.92 Å². The summed E-state index contributed by atoms with van der Waals surface area (Å²) in [6, 6.07) is -6.15. The minimum atomic E-state index is -1.60. The molecule has 9 amide bonds. The summed E-state index contributed by atoms with van der Waals surface area (Å²) in [4.78, 5) is 123. The first-order valence-corrected chi connectivity index (χ1v) is 15.9. The van der Waals surface area contributed by atoms with Gasteiger partial charge in [0.05, 0.1) is 26.1 Å². The topological polar surface area (TPSA) is 344 Å². The molecule has 13 N–H and O–H groups in total. The van der Waals surface area contributed by atoms with Crippen molar-refractivity contribution in [3.05, 3.63) is 0 Å². The Morgan fingerprint density at radius 2 is 1.40 bits per heavy atom. The van der Waals surface area contributed by atoms with Crippen LogP contribution >= 0.6 is 0 Å². The predicted octanol–water partition coefficient (Wildman–Crippen LogP) is -5.60. The maximum absolute atomic E-state index is 13.1. The van der Waals surface area contributed by atoms with Gasteiger partial charge in [0.2, 0.25) is 53.2 Å². The summed E-state index contributed by atoms with van der Waals surface area (Å²) in [6.45, 7) is 3.38. The highest BCUT2D eigenvalue weighted by molar-refractivity contribution is 5.96. The smallest absolute Gasteiger partial charge is 0.326 e. The molecule has 1 aliphatic heterocycles. The lowest BCUT2D eigenvalue weighted by Gasteiger charge is -2.26. The quantitative estimate of drug-likeness (QED) is 0.0533. The van der Waals surface area contributed by atoms with Gasteiger partial charge in [0.25, 0.3) is 0 Å². The molecule has 0 aromatic rings. The summed E-state index contributed by atoms with van der Waals surface area (Å²) in [6.07, 6.45) is 0.156. The van der Waals surface area contributed by atoms with Gasteiger partial charge in [-0.2, -0.15) is 0 Å². The number of carbonyl (C=O) groups is 10. The van der Waals surface area contributed by atoms with Gasteiger partial charge in [0.15, 0.2) is 0 Å². The number of rotatable bonds is 21. The molecule has 1 fully saturated rings. The standard InChI is InChI=1S/C29H48N10O11/c1-4-14(2)24(28(48)35-15(3)25(45)33-12-21(42)36-17(29(49)50)10-20(32)41)38-22(43)13-34-26(46)16(7-8-19(31)40)37-27(47)18-6-5-9-39(18)23(44)11-30/h14-18,24H,4-13,30H2,1-3H3,(H2,31,40)(H2,32,41)(H,33,45)(H,34,46)(H,35,48)(H,36,42)(H,37,47)(H,38,43)(H,49,50)/t14-,15-,16-,17-,18-,24-/m0/s1. The molecular formula is C29H48N10O11. The Morgan fingerprint density at radius 3 is 1.94 bits per heavy atom. The molecule has 21 heteroatoms. The van der Waals surface area contributed by atoms with E-state index >= 15 is 0 Å². The van der Waals surface area contributed by atoms with Crippen LogP contribution in [0.1, 0.15) is 59.3 Å². The van der Waals surface area contributed by atoms with Gasteiger partial charge in [-0.1, -0.05) is 20.3 Å². The molecular weight excluding hydrogens is 664 g/mol. The summed E-state index contributed by atoms with van der Waals surface area (Å²) >= 11 is 0. The molecule has 1 heterocycles. The number of primary amides is 2.